The van der Waals surface area contributed by atoms with E-state index in [-0.39, 0.29) is 11.5 Å². The van der Waals surface area contributed by atoms with E-state index in [1.807, 2.05) is 18.2 Å². The van der Waals surface area contributed by atoms with Crippen LogP contribution in [0.15, 0.2) is 18.2 Å². The smallest absolute Gasteiger partial charge is 0.353 e. The van der Waals surface area contributed by atoms with Gasteiger partial charge in [0, 0.05) is 11.9 Å². The second-order valence-electron chi connectivity index (χ2n) is 4.65. The van der Waals surface area contributed by atoms with Crippen LogP contribution >= 0.6 is 0 Å². The predicted molar refractivity (Wildman–Crippen MR) is 67.2 cm³/mol. The molecule has 3 rings (SSSR count). The molecule has 0 saturated heterocycles. The molecule has 0 saturated carbocycles. The maximum Gasteiger partial charge on any atom is 0.353 e. The number of aryl methyl sites for hydroxylation is 2. The van der Waals surface area contributed by atoms with Crippen molar-refractivity contribution >= 4 is 22.7 Å². The van der Waals surface area contributed by atoms with E-state index in [0.717, 1.165) is 29.3 Å². The molecule has 1 aliphatic heterocycles. The third-order valence-corrected chi connectivity index (χ3v) is 3.55. The summed E-state index contributed by atoms with van der Waals surface area (Å²) in [6.07, 6.45) is 1.86. The van der Waals surface area contributed by atoms with Gasteiger partial charge in [0.2, 0.25) is 0 Å². The van der Waals surface area contributed by atoms with Gasteiger partial charge in [-0.25, -0.2) is 4.79 Å². The molecule has 1 aromatic heterocycles. The maximum atomic E-state index is 11.8. The lowest BCUT2D eigenvalue weighted by Gasteiger charge is -2.16. The molecule has 0 unspecified atom stereocenters. The van der Waals surface area contributed by atoms with Crippen molar-refractivity contribution < 1.29 is 14.7 Å². The topological polar surface area (TPSA) is 59.3 Å². The minimum Gasteiger partial charge on any atom is -0.477 e. The third-order valence-electron chi connectivity index (χ3n) is 3.55. The molecular weight excluding hydrogens is 230 g/mol. The highest BCUT2D eigenvalue weighted by atomic mass is 16.4. The van der Waals surface area contributed by atoms with E-state index in [9.17, 15) is 14.7 Å². The molecule has 0 bridgehead atoms. The van der Waals surface area contributed by atoms with Gasteiger partial charge in [-0.05, 0) is 25.3 Å². The Hall–Kier alpha value is -2.10. The van der Waals surface area contributed by atoms with Gasteiger partial charge >= 0.3 is 5.97 Å². The van der Waals surface area contributed by atoms with E-state index in [0.29, 0.717) is 12.1 Å². The molecule has 92 valence electrons. The summed E-state index contributed by atoms with van der Waals surface area (Å²) in [6.45, 7) is 2.10. The Morgan fingerprint density at radius 3 is 2.78 bits per heavy atom. The van der Waals surface area contributed by atoms with Crippen molar-refractivity contribution in [2.24, 2.45) is 0 Å². The van der Waals surface area contributed by atoms with Crippen LogP contribution in [0.2, 0.25) is 0 Å². The van der Waals surface area contributed by atoms with Crippen LogP contribution < -0.4 is 0 Å². The Morgan fingerprint density at radius 1 is 1.33 bits per heavy atom. The van der Waals surface area contributed by atoms with Gasteiger partial charge in [0.05, 0.1) is 11.1 Å². The number of nitrogens with zero attached hydrogens (tertiary/aromatic N) is 1. The molecule has 1 aliphatic rings. The molecule has 0 spiro atoms. The van der Waals surface area contributed by atoms with E-state index in [2.05, 4.69) is 0 Å². The highest BCUT2D eigenvalue weighted by molar-refractivity contribution is 6.15. The first-order valence-corrected chi connectivity index (χ1v) is 5.99. The standard InChI is InChI=1S/C14H13NO3/c1-8(16)11-10-6-2-4-9-5-3-7-15(12(9)10)13(11)14(17)18/h2,4,6H,3,5,7H2,1H3,(H,17,18). The van der Waals surface area contributed by atoms with Crippen LogP contribution in [-0.4, -0.2) is 21.4 Å². The summed E-state index contributed by atoms with van der Waals surface area (Å²) in [7, 11) is 0. The Morgan fingerprint density at radius 2 is 2.11 bits per heavy atom. The van der Waals surface area contributed by atoms with Crippen molar-refractivity contribution in [3.05, 3.63) is 35.0 Å². The second kappa shape index (κ2) is 3.70. The molecule has 1 N–H and O–H groups in total. The number of para-hydroxylation sites is 1. The van der Waals surface area contributed by atoms with Crippen molar-refractivity contribution in [3.63, 3.8) is 0 Å². The number of carboxylic acids is 1. The normalized spacial score (nSPS) is 13.8. The van der Waals surface area contributed by atoms with Gasteiger partial charge in [-0.2, -0.15) is 0 Å². The van der Waals surface area contributed by atoms with Crippen molar-refractivity contribution in [3.8, 4) is 0 Å². The maximum absolute atomic E-state index is 11.8. The number of carbonyl (C=O) groups excluding carboxylic acids is 1. The fourth-order valence-electron chi connectivity index (χ4n) is 2.92. The predicted octanol–water partition coefficient (Wildman–Crippen LogP) is 2.49. The molecule has 0 atom stereocenters. The molecular formula is C14H13NO3. The minimum absolute atomic E-state index is 0.143. The molecule has 0 aliphatic carbocycles. The number of aromatic nitrogens is 1. The molecule has 1 aromatic carbocycles. The quantitative estimate of drug-likeness (QED) is 0.824. The zero-order chi connectivity index (χ0) is 12.9. The minimum atomic E-state index is -1.02. The molecule has 4 heteroatoms. The van der Waals surface area contributed by atoms with Gasteiger partial charge in [0.15, 0.2) is 5.78 Å². The zero-order valence-electron chi connectivity index (χ0n) is 10.1. The van der Waals surface area contributed by atoms with E-state index in [1.54, 1.807) is 4.57 Å². The number of hydrogen-bond donors (Lipinski definition) is 1. The first-order valence-electron chi connectivity index (χ1n) is 5.99. The lowest BCUT2D eigenvalue weighted by molar-refractivity contribution is 0.0680. The van der Waals surface area contributed by atoms with Crippen LogP contribution in [0.3, 0.4) is 0 Å². The molecule has 2 heterocycles. The van der Waals surface area contributed by atoms with Crippen LogP contribution in [0, 0.1) is 0 Å². The van der Waals surface area contributed by atoms with E-state index < -0.39 is 5.97 Å². The lowest BCUT2D eigenvalue weighted by Crippen LogP contribution is -2.15. The third kappa shape index (κ3) is 1.32. The fraction of sp³-hybridized carbons (Fsp3) is 0.286. The first kappa shape index (κ1) is 11.0. The number of carbonyl (C=O) groups is 2. The van der Waals surface area contributed by atoms with Crippen molar-refractivity contribution in [2.75, 3.05) is 0 Å². The Labute approximate surface area is 104 Å². The summed E-state index contributed by atoms with van der Waals surface area (Å²) in [6, 6.07) is 5.74. The highest BCUT2D eigenvalue weighted by Crippen LogP contribution is 2.33. The molecule has 2 aromatic rings. The van der Waals surface area contributed by atoms with Crippen LogP contribution in [0.5, 0.6) is 0 Å². The zero-order valence-corrected chi connectivity index (χ0v) is 10.1. The van der Waals surface area contributed by atoms with Gasteiger partial charge in [0.1, 0.15) is 5.69 Å². The number of rotatable bonds is 2. The van der Waals surface area contributed by atoms with Gasteiger partial charge in [-0.1, -0.05) is 18.2 Å². The van der Waals surface area contributed by atoms with E-state index >= 15 is 0 Å². The van der Waals surface area contributed by atoms with Crippen molar-refractivity contribution in [1.29, 1.82) is 0 Å². The van der Waals surface area contributed by atoms with Crippen LogP contribution in [0.1, 0.15) is 39.8 Å². The molecule has 0 amide bonds. The average Bonchev–Trinajstić information content (AvgIpc) is 2.67. The number of hydrogen-bond acceptors (Lipinski definition) is 2. The molecule has 0 fully saturated rings. The summed E-state index contributed by atoms with van der Waals surface area (Å²) < 4.78 is 1.78. The average molecular weight is 243 g/mol. The largest absolute Gasteiger partial charge is 0.477 e. The summed E-state index contributed by atoms with van der Waals surface area (Å²) >= 11 is 0. The van der Waals surface area contributed by atoms with Crippen LogP contribution in [0.4, 0.5) is 0 Å². The number of Topliss-reactive ketones (excluding diaryl/α,β-unsaturated/α-hetero) is 1. The van der Waals surface area contributed by atoms with Crippen LogP contribution in [-0.2, 0) is 13.0 Å². The van der Waals surface area contributed by atoms with Crippen molar-refractivity contribution in [1.82, 2.24) is 4.57 Å². The lowest BCUT2D eigenvalue weighted by atomic mass is 10.0. The number of carboxylic acid groups (broad SMARTS) is 1. The van der Waals surface area contributed by atoms with E-state index in [4.69, 9.17) is 0 Å². The fourth-order valence-corrected chi connectivity index (χ4v) is 2.92. The van der Waals surface area contributed by atoms with Gasteiger partial charge in [-0.15, -0.1) is 0 Å². The van der Waals surface area contributed by atoms with Crippen LogP contribution in [0.25, 0.3) is 10.9 Å². The summed E-state index contributed by atoms with van der Waals surface area (Å²) in [5, 5.41) is 10.1. The molecule has 4 nitrogen and oxygen atoms in total. The molecule has 0 radical (unpaired) electrons. The van der Waals surface area contributed by atoms with Gasteiger partial charge < -0.3 is 9.67 Å². The van der Waals surface area contributed by atoms with Gasteiger partial charge in [-0.3, -0.25) is 4.79 Å². The number of aromatic carboxylic acids is 1. The Kier molecular flexibility index (Phi) is 2.26. The summed E-state index contributed by atoms with van der Waals surface area (Å²) in [5.74, 6) is -1.21. The highest BCUT2D eigenvalue weighted by Gasteiger charge is 2.27. The number of benzene rings is 1. The summed E-state index contributed by atoms with van der Waals surface area (Å²) in [4.78, 5) is 23.2. The summed E-state index contributed by atoms with van der Waals surface area (Å²) in [5.41, 5.74) is 2.55. The van der Waals surface area contributed by atoms with Crippen molar-refractivity contribution in [2.45, 2.75) is 26.3 Å². The Balaban J connectivity index is 2.52. The SMILES string of the molecule is CC(=O)c1c(C(=O)O)n2c3c(cccc13)CCC2. The van der Waals surface area contributed by atoms with Gasteiger partial charge in [0.25, 0.3) is 0 Å². The van der Waals surface area contributed by atoms with E-state index in [1.165, 1.54) is 6.92 Å². The number of ketones is 1. The first-order chi connectivity index (χ1) is 8.61. The monoisotopic (exact) mass is 243 g/mol. The Bertz CT molecular complexity index is 682. The second-order valence-corrected chi connectivity index (χ2v) is 4.65. The molecule has 18 heavy (non-hydrogen) atoms.